The summed E-state index contributed by atoms with van der Waals surface area (Å²) in [5, 5.41) is 0. The maximum Gasteiger partial charge on any atom is -1.00 e. The molecule has 0 saturated carbocycles. The molecule has 0 amide bonds. The minimum absolute atomic E-state index is 0. The first kappa shape index (κ1) is 39.4. The smallest absolute Gasteiger partial charge is 1.00 e. The van der Waals surface area contributed by atoms with Crippen molar-refractivity contribution in [2.24, 2.45) is 0 Å². The van der Waals surface area contributed by atoms with Gasteiger partial charge in [-0.05, 0) is 0 Å². The largest absolute Gasteiger partial charge is 1.00 e. The van der Waals surface area contributed by atoms with Crippen LogP contribution in [0.25, 0.3) is 11.1 Å². The van der Waals surface area contributed by atoms with Crippen molar-refractivity contribution >= 4 is 3.21 Å². The van der Waals surface area contributed by atoms with Gasteiger partial charge in [0.25, 0.3) is 0 Å². The second kappa shape index (κ2) is 13.8. The van der Waals surface area contributed by atoms with Crippen LogP contribution in [0.1, 0.15) is 140 Å². The molecule has 52 heavy (non-hydrogen) atoms. The first-order valence-electron chi connectivity index (χ1n) is 19.2. The summed E-state index contributed by atoms with van der Waals surface area (Å²) in [5.74, 6) is 0. The monoisotopic (exact) mass is 804 g/mol. The van der Waals surface area contributed by atoms with Crippen LogP contribution in [-0.2, 0) is 42.9 Å². The fourth-order valence-electron chi connectivity index (χ4n) is 9.79. The number of rotatable bonds is 4. The van der Waals surface area contributed by atoms with Gasteiger partial charge in [-0.2, -0.15) is 0 Å². The Hall–Kier alpha value is -2.31. The molecule has 0 heterocycles. The predicted molar refractivity (Wildman–Crippen MR) is 212 cm³/mol. The van der Waals surface area contributed by atoms with Crippen molar-refractivity contribution in [3.05, 3.63) is 153 Å². The Bertz CT molecular complexity index is 1970. The summed E-state index contributed by atoms with van der Waals surface area (Å²) in [7, 11) is 0. The average Bonchev–Trinajstić information content (AvgIpc) is 3.71. The second-order valence-electron chi connectivity index (χ2n) is 18.8. The third-order valence-corrected chi connectivity index (χ3v) is 22.0. The van der Waals surface area contributed by atoms with Crippen LogP contribution in [0.3, 0.4) is 0 Å². The van der Waals surface area contributed by atoms with Crippen molar-refractivity contribution in [1.82, 2.24) is 0 Å². The minimum atomic E-state index is -2.78. The van der Waals surface area contributed by atoms with Crippen molar-refractivity contribution in [3.8, 4) is 11.1 Å². The third-order valence-electron chi connectivity index (χ3n) is 13.3. The number of halogens is 2. The van der Waals surface area contributed by atoms with Gasteiger partial charge in [-0.1, -0.05) is 0 Å². The summed E-state index contributed by atoms with van der Waals surface area (Å²) in [5.41, 5.74) is 18.9. The molecule has 0 aromatic heterocycles. The average molecular weight is 807 g/mol. The second-order valence-corrected chi connectivity index (χ2v) is 25.3. The van der Waals surface area contributed by atoms with Crippen molar-refractivity contribution in [2.45, 2.75) is 124 Å². The molecule has 0 saturated heterocycles. The van der Waals surface area contributed by atoms with Crippen molar-refractivity contribution in [2.75, 3.05) is 0 Å². The van der Waals surface area contributed by atoms with Crippen LogP contribution >= 0.6 is 0 Å². The number of allylic oxidation sites excluding steroid dienone is 4. The zero-order valence-corrected chi connectivity index (χ0v) is 36.9. The van der Waals surface area contributed by atoms with Gasteiger partial charge in [-0.15, -0.1) is 0 Å². The zero-order valence-electron chi connectivity index (χ0n) is 33.0. The SMILES string of the molecule is Cc1ccc([C](c2ccc(C)cc2)=[Zr+2]([CH]2C=CC=C2)[CH]2c3cc4c(cc3-c3cc5c(cc32)C(C)(C)CCC5(C)C)C(C)(C)CCC4(C)C)cc1.[Cl-].[Cl-]. The maximum absolute atomic E-state index is 2.78. The van der Waals surface area contributed by atoms with Crippen LogP contribution in [0.5, 0.6) is 0 Å². The van der Waals surface area contributed by atoms with E-state index in [4.69, 9.17) is 0 Å². The number of hydrogen-bond donors (Lipinski definition) is 0. The normalized spacial score (nSPS) is 19.6. The Morgan fingerprint density at radius 2 is 0.827 bits per heavy atom. The molecule has 270 valence electrons. The van der Waals surface area contributed by atoms with Gasteiger partial charge < -0.3 is 24.8 Å². The van der Waals surface area contributed by atoms with E-state index >= 15 is 0 Å². The van der Waals surface area contributed by atoms with Gasteiger partial charge in [0.05, 0.1) is 0 Å². The number of aryl methyl sites for hydroxylation is 2. The molecular weight excluding hydrogens is 751 g/mol. The Labute approximate surface area is 334 Å². The minimum Gasteiger partial charge on any atom is -1.00 e. The van der Waals surface area contributed by atoms with Crippen LogP contribution in [0, 0.1) is 13.8 Å². The molecule has 0 spiro atoms. The van der Waals surface area contributed by atoms with Gasteiger partial charge in [0, 0.05) is 0 Å². The molecule has 0 atom stereocenters. The molecule has 0 aliphatic heterocycles. The van der Waals surface area contributed by atoms with Crippen LogP contribution < -0.4 is 24.8 Å². The zero-order chi connectivity index (χ0) is 35.4. The van der Waals surface area contributed by atoms with E-state index in [0.29, 0.717) is 7.25 Å². The summed E-state index contributed by atoms with van der Waals surface area (Å²) < 4.78 is 2.57. The summed E-state index contributed by atoms with van der Waals surface area (Å²) in [4.78, 5) is 0. The van der Waals surface area contributed by atoms with Crippen molar-refractivity contribution in [3.63, 3.8) is 0 Å². The van der Waals surface area contributed by atoms with E-state index in [-0.39, 0.29) is 46.5 Å². The van der Waals surface area contributed by atoms with Gasteiger partial charge in [0.2, 0.25) is 0 Å². The first-order valence-corrected chi connectivity index (χ1v) is 23.3. The van der Waals surface area contributed by atoms with Gasteiger partial charge in [-0.25, -0.2) is 0 Å². The Kier molecular flexibility index (Phi) is 10.4. The van der Waals surface area contributed by atoms with E-state index in [2.05, 4.69) is 166 Å². The van der Waals surface area contributed by atoms with E-state index < -0.39 is 21.3 Å². The predicted octanol–water partition coefficient (Wildman–Crippen LogP) is 6.88. The van der Waals surface area contributed by atoms with Crippen LogP contribution in [-0.4, -0.2) is 3.21 Å². The molecule has 4 aromatic rings. The van der Waals surface area contributed by atoms with Gasteiger partial charge in [-0.3, -0.25) is 0 Å². The number of benzene rings is 4. The molecule has 0 N–H and O–H groups in total. The van der Waals surface area contributed by atoms with Crippen LogP contribution in [0.4, 0.5) is 0 Å². The summed E-state index contributed by atoms with van der Waals surface area (Å²) in [6.07, 6.45) is 14.8. The molecule has 0 fully saturated rings. The van der Waals surface area contributed by atoms with Crippen molar-refractivity contribution < 1.29 is 46.1 Å². The van der Waals surface area contributed by atoms with E-state index in [1.807, 2.05) is 0 Å². The standard InChI is InChI=1S/C29H37.C15H14.C5H5.2ClH.Zr/c1-26(2)9-11-28(5,6)24-16-20-18(14-22(24)26)13-19-15-23-25(17-21(19)20)29(7,8)12-10-27(23,3)4;1-12-3-7-14(8-4-12)11-15-9-5-13(2)6-10-15;1-2-4-5-3-1;;;/h13-17H,9-12H2,1-8H3;3-10H,1-2H3;1-5H;2*1H;/q;;;;;+2/p-2. The van der Waals surface area contributed by atoms with Crippen molar-refractivity contribution in [1.29, 1.82) is 0 Å². The van der Waals surface area contributed by atoms with Crippen LogP contribution in [0.15, 0.2) is 97.1 Å². The van der Waals surface area contributed by atoms with Gasteiger partial charge in [0.1, 0.15) is 0 Å². The molecule has 4 aliphatic rings. The number of fused-ring (bicyclic) bond motifs is 5. The molecular formula is C49H56Cl2Zr. The quantitative estimate of drug-likeness (QED) is 0.211. The summed E-state index contributed by atoms with van der Waals surface area (Å²) in [6.45, 7) is 24.5. The van der Waals surface area contributed by atoms with E-state index in [9.17, 15) is 0 Å². The molecule has 0 unspecified atom stereocenters. The van der Waals surface area contributed by atoms with Crippen LogP contribution in [0.2, 0.25) is 3.63 Å². The Morgan fingerprint density at radius 1 is 0.500 bits per heavy atom. The molecule has 0 radical (unpaired) electrons. The molecule has 3 heteroatoms. The molecule has 4 aliphatic carbocycles. The third kappa shape index (κ3) is 6.48. The summed E-state index contributed by atoms with van der Waals surface area (Å²) >= 11 is -2.78. The molecule has 4 aromatic carbocycles. The van der Waals surface area contributed by atoms with E-state index in [1.54, 1.807) is 36.6 Å². The topological polar surface area (TPSA) is 0 Å². The molecule has 8 rings (SSSR count). The first-order chi connectivity index (χ1) is 23.6. The fourth-order valence-corrected chi connectivity index (χ4v) is 19.1. The molecule has 0 bridgehead atoms. The van der Waals surface area contributed by atoms with E-state index in [0.717, 1.165) is 0 Å². The Morgan fingerprint density at radius 3 is 1.17 bits per heavy atom. The maximum atomic E-state index is 2.76. The fraction of sp³-hybridized carbons (Fsp3) is 0.408. The van der Waals surface area contributed by atoms with Gasteiger partial charge in [0.15, 0.2) is 0 Å². The summed E-state index contributed by atoms with van der Waals surface area (Å²) in [6, 6.07) is 30.0. The number of hydrogen-bond acceptors (Lipinski definition) is 0. The van der Waals surface area contributed by atoms with Gasteiger partial charge >= 0.3 is 312 Å². The molecule has 0 nitrogen and oxygen atoms in total. The van der Waals surface area contributed by atoms with E-state index in [1.165, 1.54) is 59.1 Å². The Balaban J connectivity index is 0.00000232.